The Morgan fingerprint density at radius 3 is 0.911 bits per heavy atom. The molecule has 13 aromatic rings. The van der Waals surface area contributed by atoms with Crippen molar-refractivity contribution in [1.82, 2.24) is 9.97 Å². The van der Waals surface area contributed by atoms with Gasteiger partial charge in [0.2, 0.25) is 0 Å². The van der Waals surface area contributed by atoms with Gasteiger partial charge in [0.1, 0.15) is 34.0 Å². The average molecular weight is 1040 g/mol. The van der Waals surface area contributed by atoms with Crippen molar-refractivity contribution in [2.45, 2.75) is 10.8 Å². The van der Waals surface area contributed by atoms with Crippen LogP contribution in [0.4, 0.5) is 0 Å². The van der Waals surface area contributed by atoms with Crippen LogP contribution in [0.15, 0.2) is 231 Å². The molecule has 0 saturated heterocycles. The number of thiophene rings is 1. The smallest absolute Gasteiger partial charge is 0.118 e. The third-order valence-electron chi connectivity index (χ3n) is 16.9. The molecule has 0 saturated carbocycles. The van der Waals surface area contributed by atoms with E-state index in [1.54, 1.807) is 39.8 Å². The Bertz CT molecular complexity index is 4200. The number of aromatic nitrogens is 2. The first-order chi connectivity index (χ1) is 39.0. The largest absolute Gasteiger partial charge is 0.497 e. The molecule has 0 N–H and O–H groups in total. The molecular weight excluding hydrogens is 989 g/mol. The third-order valence-corrected chi connectivity index (χ3v) is 18.1. The molecule has 0 fully saturated rings. The van der Waals surface area contributed by atoms with Crippen LogP contribution in [0, 0.1) is 0 Å². The highest BCUT2D eigenvalue weighted by molar-refractivity contribution is 7.21. The van der Waals surface area contributed by atoms with Gasteiger partial charge in [0.05, 0.1) is 60.1 Å². The second-order valence-electron chi connectivity index (χ2n) is 20.4. The van der Waals surface area contributed by atoms with E-state index in [-0.39, 0.29) is 0 Å². The summed E-state index contributed by atoms with van der Waals surface area (Å²) < 4.78 is 23.0. The summed E-state index contributed by atoms with van der Waals surface area (Å²) in [5.41, 5.74) is 18.3. The fourth-order valence-corrected chi connectivity index (χ4v) is 14.8. The predicted molar refractivity (Wildman–Crippen MR) is 322 cm³/mol. The molecule has 0 amide bonds. The van der Waals surface area contributed by atoms with Gasteiger partial charge in [-0.2, -0.15) is 0 Å². The van der Waals surface area contributed by atoms with Crippen LogP contribution in [-0.2, 0) is 10.8 Å². The molecule has 2 aliphatic carbocycles. The van der Waals surface area contributed by atoms with Crippen LogP contribution in [0.1, 0.15) is 44.5 Å². The van der Waals surface area contributed by atoms with Crippen molar-refractivity contribution >= 4 is 54.9 Å². The number of ether oxygens (including phenoxy) is 4. The van der Waals surface area contributed by atoms with Crippen molar-refractivity contribution in [2.75, 3.05) is 28.4 Å². The molecule has 6 nitrogen and oxygen atoms in total. The highest BCUT2D eigenvalue weighted by Gasteiger charge is 2.49. The van der Waals surface area contributed by atoms with Crippen molar-refractivity contribution in [3.05, 3.63) is 275 Å². The fourth-order valence-electron chi connectivity index (χ4n) is 13.5. The Labute approximate surface area is 461 Å². The van der Waals surface area contributed by atoms with E-state index in [1.807, 2.05) is 0 Å². The number of hydrogen-bond acceptors (Lipinski definition) is 7. The second-order valence-corrected chi connectivity index (χ2v) is 21.5. The zero-order chi connectivity index (χ0) is 53.0. The highest BCUT2D eigenvalue weighted by Crippen LogP contribution is 2.62. The van der Waals surface area contributed by atoms with E-state index in [9.17, 15) is 0 Å². The first-order valence-corrected chi connectivity index (χ1v) is 27.4. The fraction of sp³-hybridized carbons (Fsp3) is 0.0833. The molecule has 0 bridgehead atoms. The maximum atomic E-state index is 5.94. The summed E-state index contributed by atoms with van der Waals surface area (Å²) in [6.45, 7) is 0. The van der Waals surface area contributed by atoms with E-state index in [4.69, 9.17) is 28.9 Å². The summed E-state index contributed by atoms with van der Waals surface area (Å²) in [7, 11) is 6.88. The summed E-state index contributed by atoms with van der Waals surface area (Å²) in [5, 5.41) is 4.45. The lowest BCUT2D eigenvalue weighted by atomic mass is 9.67. The molecule has 15 rings (SSSR count). The van der Waals surface area contributed by atoms with Crippen LogP contribution in [0.2, 0.25) is 0 Å². The molecule has 0 spiro atoms. The van der Waals surface area contributed by atoms with Gasteiger partial charge in [0, 0.05) is 21.9 Å². The van der Waals surface area contributed by atoms with Crippen LogP contribution < -0.4 is 18.9 Å². The summed E-state index contributed by atoms with van der Waals surface area (Å²) in [6.07, 6.45) is 0. The Kier molecular flexibility index (Phi) is 10.7. The molecule has 2 aromatic heterocycles. The van der Waals surface area contributed by atoms with Crippen molar-refractivity contribution in [3.63, 3.8) is 0 Å². The van der Waals surface area contributed by atoms with E-state index in [1.165, 1.54) is 44.5 Å². The van der Waals surface area contributed by atoms with Gasteiger partial charge in [-0.1, -0.05) is 182 Å². The maximum Gasteiger partial charge on any atom is 0.118 e. The number of nitrogens with zero attached hydrogens (tertiary/aromatic N) is 2. The summed E-state index contributed by atoms with van der Waals surface area (Å²) in [6, 6.07) is 83.3. The van der Waals surface area contributed by atoms with E-state index in [0.717, 1.165) is 110 Å². The molecular formula is C72H50N2O4S. The number of fused-ring (bicyclic) bond motifs is 13. The van der Waals surface area contributed by atoms with Crippen LogP contribution in [0.3, 0.4) is 0 Å². The van der Waals surface area contributed by atoms with Gasteiger partial charge in [-0.25, -0.2) is 9.97 Å². The van der Waals surface area contributed by atoms with Crippen molar-refractivity contribution in [1.29, 1.82) is 0 Å². The first kappa shape index (κ1) is 46.7. The molecule has 0 aliphatic heterocycles. The highest BCUT2D eigenvalue weighted by atomic mass is 32.1. The Morgan fingerprint density at radius 2 is 0.570 bits per heavy atom. The molecule has 2 heterocycles. The normalized spacial score (nSPS) is 13.5. The van der Waals surface area contributed by atoms with E-state index < -0.39 is 10.8 Å². The number of hydrogen-bond donors (Lipinski definition) is 0. The van der Waals surface area contributed by atoms with E-state index in [0.29, 0.717) is 0 Å². The summed E-state index contributed by atoms with van der Waals surface area (Å²) in [5.74, 6) is 3.21. The van der Waals surface area contributed by atoms with Gasteiger partial charge in [-0.15, -0.1) is 11.3 Å². The van der Waals surface area contributed by atoms with Gasteiger partial charge >= 0.3 is 0 Å². The van der Waals surface area contributed by atoms with E-state index >= 15 is 0 Å². The van der Waals surface area contributed by atoms with Crippen LogP contribution in [0.25, 0.3) is 86.7 Å². The zero-order valence-electron chi connectivity index (χ0n) is 43.9. The summed E-state index contributed by atoms with van der Waals surface area (Å²) >= 11 is 1.79. The molecule has 11 aromatic carbocycles. The van der Waals surface area contributed by atoms with Gasteiger partial charge in [-0.3, -0.25) is 0 Å². The molecule has 0 radical (unpaired) electrons. The lowest BCUT2D eigenvalue weighted by molar-refractivity contribution is 0.414. The maximum absolute atomic E-state index is 5.94. The third kappa shape index (κ3) is 6.57. The number of methoxy groups -OCH3 is 4. The molecule has 2 aliphatic rings. The Morgan fingerprint density at radius 1 is 0.278 bits per heavy atom. The van der Waals surface area contributed by atoms with Gasteiger partial charge < -0.3 is 18.9 Å². The second kappa shape index (κ2) is 18.0. The molecule has 7 heteroatoms. The zero-order valence-corrected chi connectivity index (χ0v) is 44.7. The first-order valence-electron chi connectivity index (χ1n) is 26.6. The molecule has 378 valence electrons. The monoisotopic (exact) mass is 1040 g/mol. The molecule has 0 unspecified atom stereocenters. The van der Waals surface area contributed by atoms with Crippen LogP contribution in [-0.4, -0.2) is 38.4 Å². The standard InChI is InChI=1S/C72H50N2O4S/c1-75-47-35-27-43(28-36-47)71(44-29-37-48(76-2)38-30-44)59-23-11-9-19-55(59)63-57(21-13-25-61(63)71)69-67-68(74-66-54-18-8-6-16-52(54)51-15-5-7-17-53(51)65(66)73-67)70(79-69)58-22-14-26-62-64(58)56-20-10-12-24-60(56)72(62,45-31-39-49(77-3)40-32-45)46-33-41-50(78-4)42-34-46/h5-42H,1-4H3. The van der Waals surface area contributed by atoms with Crippen LogP contribution in [0.5, 0.6) is 23.0 Å². The average Bonchev–Trinajstić information content (AvgIpc) is 4.10. The minimum absolute atomic E-state index is 0.694. The van der Waals surface area contributed by atoms with Crippen molar-refractivity contribution in [3.8, 4) is 66.1 Å². The van der Waals surface area contributed by atoms with Crippen molar-refractivity contribution in [2.24, 2.45) is 0 Å². The summed E-state index contributed by atoms with van der Waals surface area (Å²) in [4.78, 5) is 14.0. The minimum atomic E-state index is -0.694. The minimum Gasteiger partial charge on any atom is -0.497 e. The molecule has 0 atom stereocenters. The van der Waals surface area contributed by atoms with E-state index in [2.05, 4.69) is 231 Å². The topological polar surface area (TPSA) is 62.7 Å². The lowest BCUT2D eigenvalue weighted by Crippen LogP contribution is -2.28. The lowest BCUT2D eigenvalue weighted by Gasteiger charge is -2.34. The van der Waals surface area contributed by atoms with Gasteiger partial charge in [0.25, 0.3) is 0 Å². The van der Waals surface area contributed by atoms with Gasteiger partial charge in [-0.05, 0) is 126 Å². The number of rotatable bonds is 10. The quantitative estimate of drug-likeness (QED) is 0.127. The SMILES string of the molecule is COc1ccc(C2(c3ccc(OC)cc3)c3ccccc3-c3c(-c4sc(-c5cccc6c5-c5ccccc5C6(c5ccc(OC)cc5)c5ccc(OC)cc5)c5nc6c7ccccc7c7ccccc7c6nc45)cccc32)cc1. The Hall–Kier alpha value is -9.56. The van der Waals surface area contributed by atoms with Crippen LogP contribution >= 0.6 is 11.3 Å². The molecule has 79 heavy (non-hydrogen) atoms. The number of benzene rings is 11. The van der Waals surface area contributed by atoms with Crippen molar-refractivity contribution < 1.29 is 18.9 Å². The predicted octanol–water partition coefficient (Wildman–Crippen LogP) is 17.2. The van der Waals surface area contributed by atoms with Gasteiger partial charge in [0.15, 0.2) is 0 Å². The Balaban J connectivity index is 1.07.